The van der Waals surface area contributed by atoms with Crippen molar-refractivity contribution in [2.75, 3.05) is 0 Å². The van der Waals surface area contributed by atoms with E-state index < -0.39 is 0 Å². The third kappa shape index (κ3) is 4.12. The molecule has 1 aliphatic rings. The minimum absolute atomic E-state index is 0.544. The number of rotatable bonds is 5. The minimum Gasteiger partial charge on any atom is -0.271 e. The molecule has 0 spiro atoms. The predicted molar refractivity (Wildman–Crippen MR) is 66.3 cm³/mol. The second kappa shape index (κ2) is 6.49. The third-order valence-electron chi connectivity index (χ3n) is 3.98. The molecule has 0 saturated heterocycles. The molecule has 0 bridgehead atoms. The molecule has 3 N–H and O–H groups in total. The molecule has 0 aliphatic heterocycles. The van der Waals surface area contributed by atoms with Crippen LogP contribution < -0.4 is 11.3 Å². The van der Waals surface area contributed by atoms with E-state index in [-0.39, 0.29) is 0 Å². The molecule has 1 atom stereocenters. The molecule has 0 aromatic heterocycles. The lowest BCUT2D eigenvalue weighted by Crippen LogP contribution is -2.43. The van der Waals surface area contributed by atoms with Crippen LogP contribution in [0, 0.1) is 17.8 Å². The average Bonchev–Trinajstić information content (AvgIpc) is 2.26. The lowest BCUT2D eigenvalue weighted by Gasteiger charge is -2.34. The molecule has 1 aliphatic carbocycles. The Kier molecular flexibility index (Phi) is 5.62. The number of hydrogen-bond acceptors (Lipinski definition) is 2. The van der Waals surface area contributed by atoms with Crippen LogP contribution in [0.5, 0.6) is 0 Å². The van der Waals surface area contributed by atoms with Crippen LogP contribution >= 0.6 is 0 Å². The summed E-state index contributed by atoms with van der Waals surface area (Å²) in [6.07, 6.45) is 8.16. The molecule has 1 unspecified atom stereocenters. The number of nitrogens with one attached hydrogen (secondary N) is 1. The highest BCUT2D eigenvalue weighted by Gasteiger charge is 2.26. The van der Waals surface area contributed by atoms with Crippen molar-refractivity contribution >= 4 is 0 Å². The van der Waals surface area contributed by atoms with Gasteiger partial charge in [0.1, 0.15) is 0 Å². The quantitative estimate of drug-likeness (QED) is 0.543. The molecule has 0 radical (unpaired) electrons. The van der Waals surface area contributed by atoms with Crippen LogP contribution in [0.3, 0.4) is 0 Å². The van der Waals surface area contributed by atoms with Gasteiger partial charge < -0.3 is 0 Å². The third-order valence-corrected chi connectivity index (χ3v) is 3.98. The van der Waals surface area contributed by atoms with Crippen molar-refractivity contribution in [1.82, 2.24) is 5.43 Å². The Morgan fingerprint density at radius 3 is 2.20 bits per heavy atom. The minimum atomic E-state index is 0.544. The van der Waals surface area contributed by atoms with Gasteiger partial charge in [-0.15, -0.1) is 0 Å². The second-order valence-electron chi connectivity index (χ2n) is 5.59. The van der Waals surface area contributed by atoms with Gasteiger partial charge in [0, 0.05) is 6.04 Å². The molecule has 0 amide bonds. The van der Waals surface area contributed by atoms with E-state index in [0.29, 0.717) is 6.04 Å². The van der Waals surface area contributed by atoms with Gasteiger partial charge in [-0.2, -0.15) is 0 Å². The Hall–Kier alpha value is -0.0800. The van der Waals surface area contributed by atoms with E-state index in [4.69, 9.17) is 5.84 Å². The fourth-order valence-corrected chi connectivity index (χ4v) is 2.90. The first-order valence-corrected chi connectivity index (χ1v) is 6.63. The fourth-order valence-electron chi connectivity index (χ4n) is 2.90. The molecule has 0 heterocycles. The first-order chi connectivity index (χ1) is 7.17. The molecular weight excluding hydrogens is 184 g/mol. The zero-order valence-corrected chi connectivity index (χ0v) is 10.6. The van der Waals surface area contributed by atoms with Crippen molar-refractivity contribution < 1.29 is 0 Å². The summed E-state index contributed by atoms with van der Waals surface area (Å²) >= 11 is 0. The summed E-state index contributed by atoms with van der Waals surface area (Å²) < 4.78 is 0. The van der Waals surface area contributed by atoms with E-state index in [1.165, 1.54) is 38.5 Å². The summed E-state index contributed by atoms with van der Waals surface area (Å²) in [5, 5.41) is 0. The molecular formula is C13H28N2. The van der Waals surface area contributed by atoms with Crippen LogP contribution in [-0.4, -0.2) is 6.04 Å². The smallest absolute Gasteiger partial charge is 0.0241 e. The lowest BCUT2D eigenvalue weighted by molar-refractivity contribution is 0.201. The van der Waals surface area contributed by atoms with Gasteiger partial charge in [0.2, 0.25) is 0 Å². The van der Waals surface area contributed by atoms with Gasteiger partial charge in [0.25, 0.3) is 0 Å². The molecule has 90 valence electrons. The number of nitrogens with two attached hydrogens (primary N) is 1. The maximum absolute atomic E-state index is 5.67. The Labute approximate surface area is 95.0 Å². The van der Waals surface area contributed by atoms with E-state index >= 15 is 0 Å². The number of hydrazine groups is 1. The summed E-state index contributed by atoms with van der Waals surface area (Å²) in [6.45, 7) is 6.88. The largest absolute Gasteiger partial charge is 0.271 e. The summed E-state index contributed by atoms with van der Waals surface area (Å²) in [5.74, 6) is 8.22. The lowest BCUT2D eigenvalue weighted by atomic mass is 9.76. The summed E-state index contributed by atoms with van der Waals surface area (Å²) in [4.78, 5) is 0. The molecule has 0 aromatic rings. The maximum Gasteiger partial charge on any atom is 0.0241 e. The standard InChI is InChI=1S/C13H28N2/c1-4-11-5-7-12(8-6-11)13(15-14)9-10(2)3/h10-13,15H,4-9,14H2,1-3H3. The van der Waals surface area contributed by atoms with Crippen LogP contribution in [0.2, 0.25) is 0 Å². The first-order valence-electron chi connectivity index (χ1n) is 6.63. The molecule has 1 fully saturated rings. The molecule has 1 rings (SSSR count). The molecule has 1 saturated carbocycles. The Morgan fingerprint density at radius 1 is 1.20 bits per heavy atom. The van der Waals surface area contributed by atoms with Crippen molar-refractivity contribution in [2.24, 2.45) is 23.6 Å². The maximum atomic E-state index is 5.67. The molecule has 0 aromatic carbocycles. The van der Waals surface area contributed by atoms with Crippen LogP contribution in [0.4, 0.5) is 0 Å². The van der Waals surface area contributed by atoms with E-state index in [1.807, 2.05) is 0 Å². The summed E-state index contributed by atoms with van der Waals surface area (Å²) in [7, 11) is 0. The summed E-state index contributed by atoms with van der Waals surface area (Å²) in [6, 6.07) is 0.544. The zero-order chi connectivity index (χ0) is 11.3. The topological polar surface area (TPSA) is 38.0 Å². The van der Waals surface area contributed by atoms with Gasteiger partial charge in [-0.05, 0) is 37.0 Å². The van der Waals surface area contributed by atoms with Gasteiger partial charge in [0.05, 0.1) is 0 Å². The van der Waals surface area contributed by atoms with Gasteiger partial charge in [-0.1, -0.05) is 40.0 Å². The molecule has 2 nitrogen and oxygen atoms in total. The van der Waals surface area contributed by atoms with Crippen molar-refractivity contribution in [2.45, 2.75) is 65.3 Å². The zero-order valence-electron chi connectivity index (χ0n) is 10.6. The van der Waals surface area contributed by atoms with Crippen molar-refractivity contribution in [3.8, 4) is 0 Å². The molecule has 2 heteroatoms. The van der Waals surface area contributed by atoms with E-state index in [2.05, 4.69) is 26.2 Å². The van der Waals surface area contributed by atoms with Gasteiger partial charge in [-0.3, -0.25) is 11.3 Å². The highest BCUT2D eigenvalue weighted by atomic mass is 15.2. The van der Waals surface area contributed by atoms with E-state index in [9.17, 15) is 0 Å². The van der Waals surface area contributed by atoms with Crippen molar-refractivity contribution in [3.05, 3.63) is 0 Å². The van der Waals surface area contributed by atoms with Gasteiger partial charge in [-0.25, -0.2) is 0 Å². The number of hydrogen-bond donors (Lipinski definition) is 2. The summed E-state index contributed by atoms with van der Waals surface area (Å²) in [5.41, 5.74) is 3.04. The van der Waals surface area contributed by atoms with Crippen LogP contribution in [-0.2, 0) is 0 Å². The normalized spacial score (nSPS) is 29.4. The van der Waals surface area contributed by atoms with Crippen LogP contribution in [0.15, 0.2) is 0 Å². The van der Waals surface area contributed by atoms with Gasteiger partial charge in [0.15, 0.2) is 0 Å². The van der Waals surface area contributed by atoms with E-state index in [0.717, 1.165) is 17.8 Å². The van der Waals surface area contributed by atoms with E-state index in [1.54, 1.807) is 0 Å². The Bertz CT molecular complexity index is 160. The SMILES string of the molecule is CCC1CCC(C(CC(C)C)NN)CC1. The van der Waals surface area contributed by atoms with Crippen molar-refractivity contribution in [3.63, 3.8) is 0 Å². The Morgan fingerprint density at radius 2 is 1.80 bits per heavy atom. The van der Waals surface area contributed by atoms with Gasteiger partial charge >= 0.3 is 0 Å². The van der Waals surface area contributed by atoms with Crippen LogP contribution in [0.25, 0.3) is 0 Å². The van der Waals surface area contributed by atoms with Crippen LogP contribution in [0.1, 0.15) is 59.3 Å². The monoisotopic (exact) mass is 212 g/mol. The highest BCUT2D eigenvalue weighted by Crippen LogP contribution is 2.33. The Balaban J connectivity index is 2.35. The predicted octanol–water partition coefficient (Wildman–Crippen LogP) is 3.08. The average molecular weight is 212 g/mol. The first kappa shape index (κ1) is 13.0. The van der Waals surface area contributed by atoms with Crippen molar-refractivity contribution in [1.29, 1.82) is 0 Å². The highest BCUT2D eigenvalue weighted by molar-refractivity contribution is 4.81. The fraction of sp³-hybridized carbons (Fsp3) is 1.00. The molecule has 15 heavy (non-hydrogen) atoms. The second-order valence-corrected chi connectivity index (χ2v) is 5.59.